The molecule has 0 unspecified atom stereocenters. The molecule has 0 saturated carbocycles. The third-order valence-corrected chi connectivity index (χ3v) is 3.15. The van der Waals surface area contributed by atoms with Crippen molar-refractivity contribution in [2.45, 2.75) is 26.7 Å². The lowest BCUT2D eigenvalue weighted by molar-refractivity contribution is -0.136. The van der Waals surface area contributed by atoms with Crippen LogP contribution in [0.5, 0.6) is 5.75 Å². The van der Waals surface area contributed by atoms with Gasteiger partial charge in [0.2, 0.25) is 5.43 Å². The number of benzene rings is 1. The standard InChI is InChI=1S/C16H18N2O4/c1-3-22-15-7-5-4-6-13(15)18-11(2)10-14(19)12(17-18)8-9-16(20)21/h4-7,10H,3,8-9H2,1-2H3,(H,20,21). The Kier molecular flexibility index (Phi) is 4.93. The molecular formula is C16H18N2O4. The third kappa shape index (κ3) is 3.52. The molecule has 0 spiro atoms. The van der Waals surface area contributed by atoms with Crippen LogP contribution in [0.15, 0.2) is 35.1 Å². The van der Waals surface area contributed by atoms with E-state index in [4.69, 9.17) is 9.84 Å². The van der Waals surface area contributed by atoms with E-state index in [1.54, 1.807) is 11.6 Å². The number of para-hydroxylation sites is 2. The Morgan fingerprint density at radius 1 is 1.36 bits per heavy atom. The van der Waals surface area contributed by atoms with E-state index in [9.17, 15) is 9.59 Å². The van der Waals surface area contributed by atoms with Crippen LogP contribution in [0.25, 0.3) is 5.69 Å². The van der Waals surface area contributed by atoms with E-state index in [0.717, 1.165) is 5.69 Å². The van der Waals surface area contributed by atoms with E-state index in [1.165, 1.54) is 6.07 Å². The van der Waals surface area contributed by atoms with Gasteiger partial charge in [0.1, 0.15) is 17.1 Å². The second kappa shape index (κ2) is 6.89. The number of nitrogens with zero attached hydrogens (tertiary/aromatic N) is 2. The van der Waals surface area contributed by atoms with E-state index >= 15 is 0 Å². The molecule has 0 bridgehead atoms. The molecule has 1 N–H and O–H groups in total. The molecule has 1 heterocycles. The summed E-state index contributed by atoms with van der Waals surface area (Å²) >= 11 is 0. The van der Waals surface area contributed by atoms with Crippen molar-refractivity contribution in [3.63, 3.8) is 0 Å². The van der Waals surface area contributed by atoms with Crippen molar-refractivity contribution >= 4 is 5.97 Å². The first-order valence-corrected chi connectivity index (χ1v) is 7.06. The Labute approximate surface area is 128 Å². The molecular weight excluding hydrogens is 284 g/mol. The van der Waals surface area contributed by atoms with Crippen molar-refractivity contribution in [3.05, 3.63) is 51.9 Å². The largest absolute Gasteiger partial charge is 0.492 e. The van der Waals surface area contributed by atoms with Gasteiger partial charge in [-0.25, -0.2) is 4.68 Å². The van der Waals surface area contributed by atoms with Gasteiger partial charge in [0.15, 0.2) is 0 Å². The third-order valence-electron chi connectivity index (χ3n) is 3.15. The SMILES string of the molecule is CCOc1ccccc1-n1nc(CCC(=O)O)c(=O)cc1C. The maximum Gasteiger partial charge on any atom is 0.303 e. The number of aryl methyl sites for hydroxylation is 2. The Balaban J connectivity index is 2.49. The number of aromatic nitrogens is 2. The first kappa shape index (κ1) is 15.8. The smallest absolute Gasteiger partial charge is 0.303 e. The van der Waals surface area contributed by atoms with Crippen molar-refractivity contribution in [2.24, 2.45) is 0 Å². The second-order valence-electron chi connectivity index (χ2n) is 4.80. The number of hydrogen-bond acceptors (Lipinski definition) is 4. The fourth-order valence-corrected chi connectivity index (χ4v) is 2.14. The highest BCUT2D eigenvalue weighted by atomic mass is 16.5. The summed E-state index contributed by atoms with van der Waals surface area (Å²) in [6.45, 7) is 4.18. The summed E-state index contributed by atoms with van der Waals surface area (Å²) in [6.07, 6.45) is -0.0242. The van der Waals surface area contributed by atoms with Crippen LogP contribution >= 0.6 is 0 Å². The van der Waals surface area contributed by atoms with Gasteiger partial charge < -0.3 is 9.84 Å². The van der Waals surface area contributed by atoms with Gasteiger partial charge in [0.25, 0.3) is 0 Å². The molecule has 1 aromatic carbocycles. The lowest BCUT2D eigenvalue weighted by Crippen LogP contribution is -2.20. The van der Waals surface area contributed by atoms with Crippen LogP contribution in [-0.2, 0) is 11.2 Å². The first-order chi connectivity index (χ1) is 10.5. The van der Waals surface area contributed by atoms with E-state index in [0.29, 0.717) is 18.1 Å². The molecule has 6 heteroatoms. The molecule has 1 aromatic heterocycles. The number of rotatable bonds is 6. The molecule has 0 atom stereocenters. The average molecular weight is 302 g/mol. The van der Waals surface area contributed by atoms with Crippen molar-refractivity contribution in [1.29, 1.82) is 0 Å². The fourth-order valence-electron chi connectivity index (χ4n) is 2.14. The van der Waals surface area contributed by atoms with Gasteiger partial charge in [-0.15, -0.1) is 0 Å². The van der Waals surface area contributed by atoms with E-state index in [2.05, 4.69) is 5.10 Å². The van der Waals surface area contributed by atoms with E-state index in [1.807, 2.05) is 31.2 Å². The van der Waals surface area contributed by atoms with Crippen LogP contribution in [0, 0.1) is 6.92 Å². The topological polar surface area (TPSA) is 81.4 Å². The van der Waals surface area contributed by atoms with Crippen LogP contribution in [0.4, 0.5) is 0 Å². The zero-order chi connectivity index (χ0) is 16.1. The summed E-state index contributed by atoms with van der Waals surface area (Å²) < 4.78 is 7.20. The minimum absolute atomic E-state index is 0.102. The van der Waals surface area contributed by atoms with Crippen molar-refractivity contribution in [3.8, 4) is 11.4 Å². The van der Waals surface area contributed by atoms with Crippen molar-refractivity contribution in [1.82, 2.24) is 9.78 Å². The van der Waals surface area contributed by atoms with Gasteiger partial charge in [0, 0.05) is 18.2 Å². The fraction of sp³-hybridized carbons (Fsp3) is 0.312. The van der Waals surface area contributed by atoms with Gasteiger partial charge >= 0.3 is 5.97 Å². The Morgan fingerprint density at radius 2 is 2.09 bits per heavy atom. The summed E-state index contributed by atoms with van der Waals surface area (Å²) in [6, 6.07) is 8.85. The Morgan fingerprint density at radius 3 is 2.77 bits per heavy atom. The molecule has 0 amide bonds. The molecule has 116 valence electrons. The zero-order valence-electron chi connectivity index (χ0n) is 12.6. The molecule has 2 rings (SSSR count). The Hall–Kier alpha value is -2.63. The first-order valence-electron chi connectivity index (χ1n) is 7.06. The molecule has 0 saturated heterocycles. The molecule has 2 aromatic rings. The van der Waals surface area contributed by atoms with E-state index < -0.39 is 5.97 Å². The molecule has 0 aliphatic carbocycles. The van der Waals surface area contributed by atoms with Gasteiger partial charge in [-0.05, 0) is 26.0 Å². The maximum atomic E-state index is 11.9. The quantitative estimate of drug-likeness (QED) is 0.882. The monoisotopic (exact) mass is 302 g/mol. The molecule has 0 fully saturated rings. The van der Waals surface area contributed by atoms with Crippen LogP contribution in [0.1, 0.15) is 24.7 Å². The van der Waals surface area contributed by atoms with Gasteiger partial charge in [-0.1, -0.05) is 12.1 Å². The number of carboxylic acids is 1. The highest BCUT2D eigenvalue weighted by molar-refractivity contribution is 5.66. The highest BCUT2D eigenvalue weighted by Gasteiger charge is 2.12. The van der Waals surface area contributed by atoms with Crippen LogP contribution in [0.3, 0.4) is 0 Å². The zero-order valence-corrected chi connectivity index (χ0v) is 12.6. The highest BCUT2D eigenvalue weighted by Crippen LogP contribution is 2.22. The predicted octanol–water partition coefficient (Wildman–Crippen LogP) is 1.96. The average Bonchev–Trinajstić information content (AvgIpc) is 2.47. The maximum absolute atomic E-state index is 11.9. The summed E-state index contributed by atoms with van der Waals surface area (Å²) in [5, 5.41) is 13.1. The van der Waals surface area contributed by atoms with Gasteiger partial charge in [-0.3, -0.25) is 9.59 Å². The van der Waals surface area contributed by atoms with Crippen LogP contribution < -0.4 is 10.2 Å². The molecule has 0 aliphatic heterocycles. The number of carboxylic acid groups (broad SMARTS) is 1. The summed E-state index contributed by atoms with van der Waals surface area (Å²) in [4.78, 5) is 22.6. The molecule has 22 heavy (non-hydrogen) atoms. The minimum Gasteiger partial charge on any atom is -0.492 e. The molecule has 0 radical (unpaired) electrons. The lowest BCUT2D eigenvalue weighted by atomic mass is 10.2. The van der Waals surface area contributed by atoms with Gasteiger partial charge in [-0.2, -0.15) is 5.10 Å². The van der Waals surface area contributed by atoms with Crippen molar-refractivity contribution < 1.29 is 14.6 Å². The Bertz CT molecular complexity index is 737. The van der Waals surface area contributed by atoms with E-state index in [-0.39, 0.29) is 24.0 Å². The number of carbonyl (C=O) groups is 1. The minimum atomic E-state index is -0.956. The lowest BCUT2D eigenvalue weighted by Gasteiger charge is -2.15. The molecule has 0 aliphatic rings. The second-order valence-corrected chi connectivity index (χ2v) is 4.80. The van der Waals surface area contributed by atoms with Crippen molar-refractivity contribution in [2.75, 3.05) is 6.61 Å². The molecule has 6 nitrogen and oxygen atoms in total. The summed E-state index contributed by atoms with van der Waals surface area (Å²) in [7, 11) is 0. The summed E-state index contributed by atoms with van der Waals surface area (Å²) in [5.41, 5.74) is 1.37. The van der Waals surface area contributed by atoms with Crippen LogP contribution in [-0.4, -0.2) is 27.5 Å². The normalized spacial score (nSPS) is 10.5. The summed E-state index contributed by atoms with van der Waals surface area (Å²) in [5.74, 6) is -0.295. The predicted molar refractivity (Wildman–Crippen MR) is 81.7 cm³/mol. The van der Waals surface area contributed by atoms with Gasteiger partial charge in [0.05, 0.1) is 13.0 Å². The number of aliphatic carboxylic acids is 1. The number of hydrogen-bond donors (Lipinski definition) is 1. The van der Waals surface area contributed by atoms with Crippen LogP contribution in [0.2, 0.25) is 0 Å². The number of ether oxygens (including phenoxy) is 1.